The van der Waals surface area contributed by atoms with E-state index >= 15 is 0 Å². The first-order chi connectivity index (χ1) is 18.7. The molecule has 0 radical (unpaired) electrons. The molecule has 0 atom stereocenters. The third-order valence-corrected chi connectivity index (χ3v) is 6.66. The zero-order chi connectivity index (χ0) is 30.3. The van der Waals surface area contributed by atoms with Crippen molar-refractivity contribution in [1.29, 1.82) is 0 Å². The number of rotatable bonds is 1. The minimum atomic E-state index is -1.96. The second-order valence-corrected chi connectivity index (χ2v) is 24.1. The van der Waals surface area contributed by atoms with Crippen molar-refractivity contribution >= 4 is 54.3 Å². The zero-order valence-corrected chi connectivity index (χ0v) is 31.5. The summed E-state index contributed by atoms with van der Waals surface area (Å²) < 4.78 is 3.38. The van der Waals surface area contributed by atoms with E-state index in [0.717, 1.165) is 6.42 Å². The van der Waals surface area contributed by atoms with Crippen molar-refractivity contribution in [3.05, 3.63) is 113 Å². The van der Waals surface area contributed by atoms with Gasteiger partial charge in [0.25, 0.3) is 0 Å². The summed E-state index contributed by atoms with van der Waals surface area (Å²) in [7, 11) is 10.3. The Morgan fingerprint density at radius 2 is 1.30 bits per heavy atom. The van der Waals surface area contributed by atoms with Crippen LogP contribution in [0.4, 0.5) is 0 Å². The van der Waals surface area contributed by atoms with E-state index in [4.69, 9.17) is 17.2 Å². The molecule has 4 aromatic carbocycles. The molecule has 1 aromatic heterocycles. The van der Waals surface area contributed by atoms with E-state index in [2.05, 4.69) is 114 Å². The largest absolute Gasteiger partial charge is 0.214 e. The number of hydrogen-bond acceptors (Lipinski definition) is 1. The number of unbranched alkanes of at least 4 members (excludes halogenated alkanes) is 1. The van der Waals surface area contributed by atoms with Gasteiger partial charge in [0.05, 0.1) is 0 Å². The van der Waals surface area contributed by atoms with Gasteiger partial charge >= 0.3 is 40.0 Å². The Hall–Kier alpha value is -1.32. The van der Waals surface area contributed by atoms with Crippen LogP contribution in [0.25, 0.3) is 21.5 Å². The molecule has 0 aliphatic heterocycles. The standard InChI is InChI=1S/C21H25.C5H5S.C5H5.C4H9.CH2.2ClH.Hf/c1-20(2,3)16-7-9-18-14(12-16)11-15-13-17(21(4,5)6)8-10-19(15)18;1-5-3-2-4-6-5;1-2-4-5-3-1;1-3-4-2;;;;/h7-13H,1-6H3;2-3H,1H3;1-5H;1,3-4H2,2H3;1H2;2*1H;/q4*-1;;;;+2/p-2. The van der Waals surface area contributed by atoms with Gasteiger partial charge in [0.2, 0.25) is 0 Å². The summed E-state index contributed by atoms with van der Waals surface area (Å²) in [6.07, 6.45) is 2.28. The Kier molecular flexibility index (Phi) is 16.8. The van der Waals surface area contributed by atoms with Crippen molar-refractivity contribution in [2.24, 2.45) is 0 Å². The molecule has 0 fully saturated rings. The van der Waals surface area contributed by atoms with Crippen LogP contribution in [0.2, 0.25) is 0 Å². The normalized spacial score (nSPS) is 10.7. The Morgan fingerprint density at radius 3 is 1.52 bits per heavy atom. The quantitative estimate of drug-likeness (QED) is 0.118. The fourth-order valence-electron chi connectivity index (χ4n) is 3.59. The van der Waals surface area contributed by atoms with Gasteiger partial charge < -0.3 is 18.3 Å². The summed E-state index contributed by atoms with van der Waals surface area (Å²) in [6, 6.07) is 30.2. The van der Waals surface area contributed by atoms with Crippen molar-refractivity contribution in [2.75, 3.05) is 0 Å². The van der Waals surface area contributed by atoms with Crippen LogP contribution in [-0.4, -0.2) is 4.26 Å². The predicted molar refractivity (Wildman–Crippen MR) is 183 cm³/mol. The Morgan fingerprint density at radius 1 is 0.875 bits per heavy atom. The van der Waals surface area contributed by atoms with Gasteiger partial charge in [-0.15, -0.1) is 45.1 Å². The fraction of sp³-hybridized carbons (Fsp3) is 0.333. The maximum absolute atomic E-state index is 5.14. The van der Waals surface area contributed by atoms with E-state index in [9.17, 15) is 0 Å². The molecule has 0 aliphatic carbocycles. The summed E-state index contributed by atoms with van der Waals surface area (Å²) in [6.45, 7) is 21.4. The van der Waals surface area contributed by atoms with Gasteiger partial charge in [-0.25, -0.2) is 18.2 Å². The van der Waals surface area contributed by atoms with Crippen LogP contribution >= 0.6 is 28.5 Å². The van der Waals surface area contributed by atoms with Gasteiger partial charge in [-0.3, -0.25) is 0 Å². The van der Waals surface area contributed by atoms with Gasteiger partial charge in [0.15, 0.2) is 0 Å². The van der Waals surface area contributed by atoms with Crippen molar-refractivity contribution < 1.29 is 18.6 Å². The van der Waals surface area contributed by atoms with Gasteiger partial charge in [-0.05, 0) is 10.8 Å². The monoisotopic (exact) mass is 760 g/mol. The molecule has 0 unspecified atom stereocenters. The molecule has 0 nitrogen and oxygen atoms in total. The van der Waals surface area contributed by atoms with Gasteiger partial charge in [-0.1, -0.05) is 97.2 Å². The number of halogens is 2. The van der Waals surface area contributed by atoms with Gasteiger partial charge in [0, 0.05) is 0 Å². The minimum Gasteiger partial charge on any atom is -0.214 e. The second kappa shape index (κ2) is 18.3. The first-order valence-corrected chi connectivity index (χ1v) is 26.0. The van der Waals surface area contributed by atoms with Gasteiger partial charge in [-0.2, -0.15) is 35.6 Å². The molecular formula is C36H46Cl2HfS-4. The number of fused-ring (bicyclic) bond motifs is 3. The molecule has 0 saturated carbocycles. The Labute approximate surface area is 263 Å². The first-order valence-electron chi connectivity index (χ1n) is 13.7. The summed E-state index contributed by atoms with van der Waals surface area (Å²) in [5.41, 5.74) is 3.21. The molecule has 0 amide bonds. The SMILES string of the molecule is CC(C)(C)c1ccc2c(c1)[cH-]c1cc(C(C)(C)C)ccc12.Cc1cc[c-]s1.[CH2-]CCC.[CH2]=[Hf]([Cl])[Cl].c1cc[cH-]c1. The molecule has 1 heterocycles. The molecule has 0 bridgehead atoms. The molecule has 0 saturated heterocycles. The van der Waals surface area contributed by atoms with Gasteiger partial charge in [0.1, 0.15) is 0 Å². The Balaban J connectivity index is 0.000000339. The topological polar surface area (TPSA) is 0 Å². The molecule has 4 heteroatoms. The summed E-state index contributed by atoms with van der Waals surface area (Å²) in [5, 5.41) is 8.45. The van der Waals surface area contributed by atoms with E-state index in [-0.39, 0.29) is 10.8 Å². The van der Waals surface area contributed by atoms with Crippen molar-refractivity contribution in [3.63, 3.8) is 0 Å². The molecular weight excluding hydrogens is 714 g/mol. The van der Waals surface area contributed by atoms with Crippen LogP contribution in [0.15, 0.2) is 84.9 Å². The molecule has 5 rings (SSSR count). The second-order valence-electron chi connectivity index (χ2n) is 11.6. The molecule has 218 valence electrons. The third kappa shape index (κ3) is 14.0. The third-order valence-electron chi connectivity index (χ3n) is 5.95. The number of benzene rings is 2. The Bertz CT molecular complexity index is 1270. The molecule has 40 heavy (non-hydrogen) atoms. The molecule has 0 aliphatic rings. The van der Waals surface area contributed by atoms with E-state index in [1.807, 2.05) is 42.5 Å². The number of thiophene rings is 1. The van der Waals surface area contributed by atoms with Crippen LogP contribution < -0.4 is 0 Å². The van der Waals surface area contributed by atoms with Crippen LogP contribution in [0, 0.1) is 19.2 Å². The first kappa shape index (κ1) is 36.7. The summed E-state index contributed by atoms with van der Waals surface area (Å²) >= 11 is -0.310. The fourth-order valence-corrected chi connectivity index (χ4v) is 4.05. The van der Waals surface area contributed by atoms with E-state index in [1.54, 1.807) is 11.3 Å². The van der Waals surface area contributed by atoms with Crippen molar-refractivity contribution in [3.8, 4) is 0 Å². The van der Waals surface area contributed by atoms with Crippen LogP contribution in [0.5, 0.6) is 0 Å². The zero-order valence-electron chi connectivity index (χ0n) is 25.6. The summed E-state index contributed by atoms with van der Waals surface area (Å²) in [5.74, 6) is 0. The molecule has 0 N–H and O–H groups in total. The number of hydrogen-bond donors (Lipinski definition) is 0. The number of aryl methyl sites for hydroxylation is 1. The van der Waals surface area contributed by atoms with Crippen LogP contribution in [-0.2, 0) is 29.4 Å². The average Bonchev–Trinajstić information content (AvgIpc) is 3.65. The minimum absolute atomic E-state index is 0.203. The van der Waals surface area contributed by atoms with Crippen LogP contribution in [0.1, 0.15) is 77.3 Å². The van der Waals surface area contributed by atoms with Crippen molar-refractivity contribution in [1.82, 2.24) is 0 Å². The average molecular weight is 760 g/mol. The predicted octanol–water partition coefficient (Wildman–Crippen LogP) is 12.5. The smallest absolute Gasteiger partial charge is 0.172 e. The van der Waals surface area contributed by atoms with E-state index in [1.165, 1.54) is 44.0 Å². The van der Waals surface area contributed by atoms with E-state index in [0.29, 0.717) is 0 Å². The molecule has 0 spiro atoms. The maximum atomic E-state index is 5.14. The van der Waals surface area contributed by atoms with Crippen molar-refractivity contribution in [2.45, 2.75) is 79.1 Å². The summed E-state index contributed by atoms with van der Waals surface area (Å²) in [4.78, 5) is 1.33. The van der Waals surface area contributed by atoms with E-state index < -0.39 is 18.6 Å². The van der Waals surface area contributed by atoms with Crippen LogP contribution in [0.3, 0.4) is 0 Å². The maximum Gasteiger partial charge on any atom is -0.172 e. The molecule has 5 aromatic rings.